The molecule has 0 aliphatic heterocycles. The third-order valence-electron chi connectivity index (χ3n) is 2.66. The fourth-order valence-corrected chi connectivity index (χ4v) is 2.60. The quantitative estimate of drug-likeness (QED) is 0.486. The molecule has 4 heteroatoms. The van der Waals surface area contributed by atoms with Gasteiger partial charge >= 0.3 is 0 Å². The Morgan fingerprint density at radius 2 is 1.94 bits per heavy atom. The van der Waals surface area contributed by atoms with Crippen LogP contribution in [0.15, 0.2) is 34.7 Å². The van der Waals surface area contributed by atoms with Gasteiger partial charge in [0.05, 0.1) is 16.2 Å². The number of thiophene rings is 1. The first kappa shape index (κ1) is 11.7. The number of nitrogens with two attached hydrogens (primary N) is 1. The Kier molecular flexibility index (Phi) is 3.15. The number of rotatable bonds is 2. The predicted octanol–water partition coefficient (Wildman–Crippen LogP) is 3.11. The molecule has 1 aromatic heterocycles. The normalized spacial score (nSPS) is 11.8. The maximum atomic E-state index is 10.1. The first-order chi connectivity index (χ1) is 8.13. The Hall–Kier alpha value is -1.81. The van der Waals surface area contributed by atoms with E-state index in [2.05, 4.69) is 5.10 Å². The molecular weight excluding hydrogens is 232 g/mol. The monoisotopic (exact) mass is 246 g/mol. The lowest BCUT2D eigenvalue weighted by atomic mass is 10.1. The van der Waals surface area contributed by atoms with E-state index in [9.17, 15) is 5.11 Å². The van der Waals surface area contributed by atoms with E-state index >= 15 is 0 Å². The summed E-state index contributed by atoms with van der Waals surface area (Å²) >= 11 is 1.49. The summed E-state index contributed by atoms with van der Waals surface area (Å²) in [6.45, 7) is 3.81. The Labute approximate surface area is 104 Å². The summed E-state index contributed by atoms with van der Waals surface area (Å²) in [5.41, 5.74) is 3.55. The van der Waals surface area contributed by atoms with Crippen LogP contribution in [0.2, 0.25) is 0 Å². The molecule has 2 rings (SSSR count). The molecule has 0 unspecified atom stereocenters. The van der Waals surface area contributed by atoms with E-state index in [4.69, 9.17) is 5.84 Å². The van der Waals surface area contributed by atoms with Gasteiger partial charge in [0, 0.05) is 5.38 Å². The van der Waals surface area contributed by atoms with Crippen LogP contribution < -0.4 is 5.84 Å². The Morgan fingerprint density at radius 3 is 2.53 bits per heavy atom. The van der Waals surface area contributed by atoms with Gasteiger partial charge in [0.15, 0.2) is 0 Å². The third kappa shape index (κ3) is 2.17. The highest BCUT2D eigenvalue weighted by atomic mass is 32.1. The zero-order valence-corrected chi connectivity index (χ0v) is 10.6. The molecule has 0 bridgehead atoms. The maximum Gasteiger partial charge on any atom is 0.143 e. The number of hydrazone groups is 1. The van der Waals surface area contributed by atoms with Gasteiger partial charge in [-0.3, -0.25) is 0 Å². The second-order valence-electron chi connectivity index (χ2n) is 3.91. The number of hydrogen-bond acceptors (Lipinski definition) is 4. The Morgan fingerprint density at radius 1 is 1.29 bits per heavy atom. The van der Waals surface area contributed by atoms with Crippen molar-refractivity contribution < 1.29 is 5.11 Å². The van der Waals surface area contributed by atoms with Crippen molar-refractivity contribution >= 4 is 17.0 Å². The highest BCUT2D eigenvalue weighted by molar-refractivity contribution is 7.14. The number of hydrogen-bond donors (Lipinski definition) is 2. The van der Waals surface area contributed by atoms with Gasteiger partial charge in [-0.05, 0) is 19.4 Å². The molecule has 17 heavy (non-hydrogen) atoms. The summed E-state index contributed by atoms with van der Waals surface area (Å²) in [5, 5.41) is 15.6. The van der Waals surface area contributed by atoms with Gasteiger partial charge in [0.25, 0.3) is 0 Å². The molecule has 3 nitrogen and oxygen atoms in total. The van der Waals surface area contributed by atoms with Gasteiger partial charge < -0.3 is 10.9 Å². The number of benzene rings is 1. The number of aryl methyl sites for hydroxylation is 1. The Bertz CT molecular complexity index is 555. The largest absolute Gasteiger partial charge is 0.506 e. The fraction of sp³-hybridized carbons (Fsp3) is 0.154. The van der Waals surface area contributed by atoms with E-state index < -0.39 is 0 Å². The van der Waals surface area contributed by atoms with Gasteiger partial charge in [0.2, 0.25) is 0 Å². The number of nitrogens with zero attached hydrogens (tertiary/aromatic N) is 1. The summed E-state index contributed by atoms with van der Waals surface area (Å²) in [5.74, 6) is 5.48. The highest BCUT2D eigenvalue weighted by Crippen LogP contribution is 2.38. The minimum absolute atomic E-state index is 0.255. The van der Waals surface area contributed by atoms with Gasteiger partial charge in [-0.15, -0.1) is 11.3 Å². The van der Waals surface area contributed by atoms with Gasteiger partial charge in [-0.25, -0.2) is 0 Å². The molecule has 0 aliphatic rings. The van der Waals surface area contributed by atoms with Gasteiger partial charge in [0.1, 0.15) is 5.75 Å². The molecule has 2 aromatic rings. The first-order valence-electron chi connectivity index (χ1n) is 5.26. The molecule has 1 aromatic carbocycles. The van der Waals surface area contributed by atoms with Crippen LogP contribution in [0.3, 0.4) is 0 Å². The van der Waals surface area contributed by atoms with Crippen molar-refractivity contribution in [3.05, 3.63) is 40.8 Å². The first-order valence-corrected chi connectivity index (χ1v) is 6.13. The SMILES string of the molecule is C/C(=N\N)c1csc(-c2ccc(C)cc2)c1O. The second-order valence-corrected chi connectivity index (χ2v) is 4.79. The summed E-state index contributed by atoms with van der Waals surface area (Å²) in [6.07, 6.45) is 0. The van der Waals surface area contributed by atoms with Crippen molar-refractivity contribution in [3.63, 3.8) is 0 Å². The van der Waals surface area contributed by atoms with Crippen LogP contribution >= 0.6 is 11.3 Å². The lowest BCUT2D eigenvalue weighted by molar-refractivity contribution is 0.478. The van der Waals surface area contributed by atoms with Crippen LogP contribution in [-0.4, -0.2) is 10.8 Å². The predicted molar refractivity (Wildman–Crippen MR) is 72.6 cm³/mol. The van der Waals surface area contributed by atoms with E-state index in [1.165, 1.54) is 16.9 Å². The molecule has 3 N–H and O–H groups in total. The minimum atomic E-state index is 0.255. The fourth-order valence-electron chi connectivity index (χ4n) is 1.59. The summed E-state index contributed by atoms with van der Waals surface area (Å²) in [6, 6.07) is 8.05. The van der Waals surface area contributed by atoms with Gasteiger partial charge in [-0.1, -0.05) is 29.8 Å². The smallest absolute Gasteiger partial charge is 0.143 e. The van der Waals surface area contributed by atoms with Crippen LogP contribution in [-0.2, 0) is 0 Å². The molecule has 0 radical (unpaired) electrons. The molecule has 0 saturated heterocycles. The van der Waals surface area contributed by atoms with E-state index in [0.717, 1.165) is 10.4 Å². The van der Waals surface area contributed by atoms with E-state index in [1.807, 2.05) is 36.6 Å². The standard InChI is InChI=1S/C13H14N2OS/c1-8-3-5-10(6-4-8)13-12(16)11(7-17-13)9(2)15-14/h3-7,16H,14H2,1-2H3/b15-9+. The van der Waals surface area contributed by atoms with Crippen LogP contribution in [0.5, 0.6) is 5.75 Å². The van der Waals surface area contributed by atoms with Crippen LogP contribution in [0.1, 0.15) is 18.1 Å². The van der Waals surface area contributed by atoms with Crippen molar-refractivity contribution in [2.24, 2.45) is 10.9 Å². The van der Waals surface area contributed by atoms with Crippen LogP contribution in [0.25, 0.3) is 10.4 Å². The average molecular weight is 246 g/mol. The topological polar surface area (TPSA) is 58.6 Å². The molecule has 0 aliphatic carbocycles. The van der Waals surface area contributed by atoms with Crippen molar-refractivity contribution in [1.29, 1.82) is 0 Å². The zero-order chi connectivity index (χ0) is 12.4. The molecule has 0 fully saturated rings. The molecular formula is C13H14N2OS. The third-order valence-corrected chi connectivity index (χ3v) is 3.68. The average Bonchev–Trinajstić information content (AvgIpc) is 2.71. The van der Waals surface area contributed by atoms with Crippen molar-refractivity contribution in [1.82, 2.24) is 0 Å². The highest BCUT2D eigenvalue weighted by Gasteiger charge is 2.14. The number of aromatic hydroxyl groups is 1. The maximum absolute atomic E-state index is 10.1. The minimum Gasteiger partial charge on any atom is -0.506 e. The Balaban J connectivity index is 2.47. The van der Waals surface area contributed by atoms with Gasteiger partial charge in [-0.2, -0.15) is 5.10 Å². The zero-order valence-electron chi connectivity index (χ0n) is 9.77. The van der Waals surface area contributed by atoms with E-state index in [0.29, 0.717) is 11.3 Å². The lowest BCUT2D eigenvalue weighted by Gasteiger charge is -2.01. The lowest BCUT2D eigenvalue weighted by Crippen LogP contribution is -1.96. The second kappa shape index (κ2) is 4.59. The van der Waals surface area contributed by atoms with Crippen molar-refractivity contribution in [2.45, 2.75) is 13.8 Å². The molecule has 0 atom stereocenters. The summed E-state index contributed by atoms with van der Waals surface area (Å²) in [7, 11) is 0. The summed E-state index contributed by atoms with van der Waals surface area (Å²) < 4.78 is 0. The van der Waals surface area contributed by atoms with Crippen LogP contribution in [0.4, 0.5) is 0 Å². The molecule has 0 amide bonds. The molecule has 0 saturated carbocycles. The molecule has 88 valence electrons. The molecule has 1 heterocycles. The van der Waals surface area contributed by atoms with Crippen LogP contribution in [0, 0.1) is 6.92 Å². The van der Waals surface area contributed by atoms with Crippen molar-refractivity contribution in [3.8, 4) is 16.2 Å². The summed E-state index contributed by atoms with van der Waals surface area (Å²) in [4.78, 5) is 0.850. The van der Waals surface area contributed by atoms with E-state index in [-0.39, 0.29) is 5.75 Å². The molecule has 0 spiro atoms. The van der Waals surface area contributed by atoms with Crippen molar-refractivity contribution in [2.75, 3.05) is 0 Å². The van der Waals surface area contributed by atoms with E-state index in [1.54, 1.807) is 6.92 Å².